The molecule has 0 bridgehead atoms. The van der Waals surface area contributed by atoms with Crippen molar-refractivity contribution in [1.82, 2.24) is 5.32 Å². The number of hydrogen-bond donors (Lipinski definition) is 1. The standard InChI is InChI=1S/C14H20FNO2/c1-10(2)13(18-3)9-16-14(17)8-11-4-6-12(15)7-5-11/h4-7,10,13H,8-9H2,1-3H3,(H,16,17)/t13-/m0/s1. The second-order valence-electron chi connectivity index (χ2n) is 4.63. The Morgan fingerprint density at radius 3 is 2.44 bits per heavy atom. The Labute approximate surface area is 107 Å². The molecule has 1 aromatic carbocycles. The fourth-order valence-electron chi connectivity index (χ4n) is 1.66. The first-order valence-corrected chi connectivity index (χ1v) is 6.07. The molecule has 0 saturated heterocycles. The predicted octanol–water partition coefficient (Wildman–Crippen LogP) is 2.16. The van der Waals surface area contributed by atoms with E-state index in [4.69, 9.17) is 4.74 Å². The minimum Gasteiger partial charge on any atom is -0.379 e. The number of ether oxygens (including phenoxy) is 1. The van der Waals surface area contributed by atoms with Crippen molar-refractivity contribution in [3.8, 4) is 0 Å². The summed E-state index contributed by atoms with van der Waals surface area (Å²) in [5.41, 5.74) is 0.799. The van der Waals surface area contributed by atoms with Crippen LogP contribution in [0.15, 0.2) is 24.3 Å². The van der Waals surface area contributed by atoms with Gasteiger partial charge < -0.3 is 10.1 Å². The summed E-state index contributed by atoms with van der Waals surface area (Å²) in [6.07, 6.45) is 0.275. The van der Waals surface area contributed by atoms with Crippen LogP contribution in [0.25, 0.3) is 0 Å². The molecule has 18 heavy (non-hydrogen) atoms. The van der Waals surface area contributed by atoms with Gasteiger partial charge in [0, 0.05) is 13.7 Å². The molecule has 0 aromatic heterocycles. The van der Waals surface area contributed by atoms with E-state index in [1.807, 2.05) is 13.8 Å². The number of nitrogens with one attached hydrogen (secondary N) is 1. The van der Waals surface area contributed by atoms with Crippen LogP contribution in [0.1, 0.15) is 19.4 Å². The molecule has 100 valence electrons. The summed E-state index contributed by atoms with van der Waals surface area (Å²) < 4.78 is 18.0. The molecule has 1 atom stereocenters. The maximum Gasteiger partial charge on any atom is 0.224 e. The molecule has 1 N–H and O–H groups in total. The van der Waals surface area contributed by atoms with E-state index < -0.39 is 0 Å². The van der Waals surface area contributed by atoms with Crippen LogP contribution in [0.5, 0.6) is 0 Å². The van der Waals surface area contributed by atoms with Gasteiger partial charge in [-0.05, 0) is 23.6 Å². The van der Waals surface area contributed by atoms with Crippen LogP contribution in [0.3, 0.4) is 0 Å². The Balaban J connectivity index is 2.40. The lowest BCUT2D eigenvalue weighted by atomic mass is 10.1. The minimum atomic E-state index is -0.293. The number of rotatable bonds is 6. The first-order valence-electron chi connectivity index (χ1n) is 6.07. The molecule has 0 radical (unpaired) electrons. The van der Waals surface area contributed by atoms with Gasteiger partial charge >= 0.3 is 0 Å². The molecular formula is C14H20FNO2. The topological polar surface area (TPSA) is 38.3 Å². The fourth-order valence-corrected chi connectivity index (χ4v) is 1.66. The summed E-state index contributed by atoms with van der Waals surface area (Å²) in [6, 6.07) is 5.94. The van der Waals surface area contributed by atoms with Gasteiger partial charge in [0.05, 0.1) is 12.5 Å². The Hall–Kier alpha value is -1.42. The molecule has 0 saturated carbocycles. The minimum absolute atomic E-state index is 0.0159. The number of methoxy groups -OCH3 is 1. The summed E-state index contributed by atoms with van der Waals surface area (Å²) in [7, 11) is 1.64. The third kappa shape index (κ3) is 4.84. The SMILES string of the molecule is CO[C@@H](CNC(=O)Cc1ccc(F)cc1)C(C)C. The van der Waals surface area contributed by atoms with Gasteiger partial charge in [0.15, 0.2) is 0 Å². The van der Waals surface area contributed by atoms with Crippen molar-refractivity contribution in [2.45, 2.75) is 26.4 Å². The lowest BCUT2D eigenvalue weighted by Gasteiger charge is -2.19. The molecule has 0 aliphatic heterocycles. The van der Waals surface area contributed by atoms with Crippen molar-refractivity contribution in [3.05, 3.63) is 35.6 Å². The molecule has 0 aliphatic carbocycles. The van der Waals surface area contributed by atoms with Crippen LogP contribution in [0.2, 0.25) is 0 Å². The van der Waals surface area contributed by atoms with E-state index in [0.717, 1.165) is 5.56 Å². The van der Waals surface area contributed by atoms with Gasteiger partial charge in [-0.2, -0.15) is 0 Å². The van der Waals surface area contributed by atoms with Crippen LogP contribution >= 0.6 is 0 Å². The maximum absolute atomic E-state index is 12.7. The smallest absolute Gasteiger partial charge is 0.224 e. The zero-order valence-electron chi connectivity index (χ0n) is 11.1. The summed E-state index contributed by atoms with van der Waals surface area (Å²) in [4.78, 5) is 11.7. The Morgan fingerprint density at radius 1 is 1.33 bits per heavy atom. The molecule has 1 aromatic rings. The average Bonchev–Trinajstić information content (AvgIpc) is 2.32. The highest BCUT2D eigenvalue weighted by molar-refractivity contribution is 5.78. The predicted molar refractivity (Wildman–Crippen MR) is 68.7 cm³/mol. The van der Waals surface area contributed by atoms with Crippen molar-refractivity contribution in [3.63, 3.8) is 0 Å². The summed E-state index contributed by atoms with van der Waals surface area (Å²) >= 11 is 0. The van der Waals surface area contributed by atoms with Gasteiger partial charge in [0.2, 0.25) is 5.91 Å². The number of halogens is 1. The van der Waals surface area contributed by atoms with Gasteiger partial charge in [0.25, 0.3) is 0 Å². The zero-order chi connectivity index (χ0) is 13.5. The van der Waals surface area contributed by atoms with Crippen molar-refractivity contribution < 1.29 is 13.9 Å². The third-order valence-electron chi connectivity index (χ3n) is 2.82. The summed E-state index contributed by atoms with van der Waals surface area (Å²) in [5, 5.41) is 2.82. The molecule has 0 heterocycles. The lowest BCUT2D eigenvalue weighted by molar-refractivity contribution is -0.121. The number of carbonyl (C=O) groups is 1. The van der Waals surface area contributed by atoms with E-state index in [-0.39, 0.29) is 24.2 Å². The van der Waals surface area contributed by atoms with Crippen LogP contribution in [0.4, 0.5) is 4.39 Å². The number of hydrogen-bond acceptors (Lipinski definition) is 2. The third-order valence-corrected chi connectivity index (χ3v) is 2.82. The Kier molecular flexibility index (Phi) is 5.78. The van der Waals surface area contributed by atoms with Crippen molar-refractivity contribution in [1.29, 1.82) is 0 Å². The van der Waals surface area contributed by atoms with Crippen LogP contribution < -0.4 is 5.32 Å². The monoisotopic (exact) mass is 253 g/mol. The quantitative estimate of drug-likeness (QED) is 0.843. The van der Waals surface area contributed by atoms with E-state index in [1.54, 1.807) is 19.2 Å². The van der Waals surface area contributed by atoms with Gasteiger partial charge in [-0.25, -0.2) is 4.39 Å². The zero-order valence-corrected chi connectivity index (χ0v) is 11.1. The number of carbonyl (C=O) groups excluding carboxylic acids is 1. The van der Waals surface area contributed by atoms with Gasteiger partial charge in [0.1, 0.15) is 5.82 Å². The first-order chi connectivity index (χ1) is 8.52. The average molecular weight is 253 g/mol. The molecule has 0 unspecified atom stereocenters. The van der Waals surface area contributed by atoms with E-state index in [1.165, 1.54) is 12.1 Å². The van der Waals surface area contributed by atoms with Gasteiger partial charge in [-0.15, -0.1) is 0 Å². The molecule has 0 spiro atoms. The van der Waals surface area contributed by atoms with Gasteiger partial charge in [-0.3, -0.25) is 4.79 Å². The molecule has 0 aliphatic rings. The number of amides is 1. The second kappa shape index (κ2) is 7.11. The molecular weight excluding hydrogens is 233 g/mol. The lowest BCUT2D eigenvalue weighted by Crippen LogP contribution is -2.36. The summed E-state index contributed by atoms with van der Waals surface area (Å²) in [6.45, 7) is 4.58. The molecule has 1 amide bonds. The van der Waals surface area contributed by atoms with Crippen LogP contribution in [-0.2, 0) is 16.0 Å². The van der Waals surface area contributed by atoms with Crippen LogP contribution in [0, 0.1) is 11.7 Å². The number of benzene rings is 1. The van der Waals surface area contributed by atoms with E-state index in [2.05, 4.69) is 5.32 Å². The Bertz CT molecular complexity index is 376. The van der Waals surface area contributed by atoms with Crippen molar-refractivity contribution in [2.24, 2.45) is 5.92 Å². The highest BCUT2D eigenvalue weighted by Crippen LogP contribution is 2.05. The highest BCUT2D eigenvalue weighted by Gasteiger charge is 2.13. The fraction of sp³-hybridized carbons (Fsp3) is 0.500. The summed E-state index contributed by atoms with van der Waals surface area (Å²) in [5.74, 6) is -0.0242. The molecule has 0 fully saturated rings. The van der Waals surface area contributed by atoms with Gasteiger partial charge in [-0.1, -0.05) is 26.0 Å². The highest BCUT2D eigenvalue weighted by atomic mass is 19.1. The maximum atomic E-state index is 12.7. The molecule has 3 nitrogen and oxygen atoms in total. The van der Waals surface area contributed by atoms with E-state index in [9.17, 15) is 9.18 Å². The van der Waals surface area contributed by atoms with Crippen molar-refractivity contribution >= 4 is 5.91 Å². The van der Waals surface area contributed by atoms with Crippen molar-refractivity contribution in [2.75, 3.05) is 13.7 Å². The van der Waals surface area contributed by atoms with E-state index in [0.29, 0.717) is 12.5 Å². The molecule has 4 heteroatoms. The van der Waals surface area contributed by atoms with E-state index >= 15 is 0 Å². The first kappa shape index (κ1) is 14.6. The largest absolute Gasteiger partial charge is 0.379 e. The Morgan fingerprint density at radius 2 is 1.94 bits per heavy atom. The second-order valence-corrected chi connectivity index (χ2v) is 4.63. The molecule has 1 rings (SSSR count). The van der Waals surface area contributed by atoms with Crippen LogP contribution in [-0.4, -0.2) is 25.7 Å². The normalized spacial score (nSPS) is 12.5.